The number of thiol groups is 1. The molecule has 0 radical (unpaired) electrons. The molecule has 0 aliphatic rings. The number of nitrogens with zero attached hydrogens (tertiary/aromatic N) is 2. The predicted molar refractivity (Wildman–Crippen MR) is 205 cm³/mol. The number of amides is 1. The number of hydrogen-bond acceptors (Lipinski definition) is 5. The molecule has 0 unspecified atom stereocenters. The van der Waals surface area contributed by atoms with Gasteiger partial charge in [0.1, 0.15) is 12.4 Å². The van der Waals surface area contributed by atoms with Crippen molar-refractivity contribution in [3.05, 3.63) is 159 Å². The second kappa shape index (κ2) is 16.2. The van der Waals surface area contributed by atoms with E-state index in [0.717, 1.165) is 63.1 Å². The number of fused-ring (bicyclic) bond motifs is 1. The first-order valence-electron chi connectivity index (χ1n) is 16.9. The lowest BCUT2D eigenvalue weighted by Crippen LogP contribution is -2.37. The second-order valence-electron chi connectivity index (χ2n) is 12.5. The van der Waals surface area contributed by atoms with Crippen LogP contribution in [-0.2, 0) is 30.7 Å². The summed E-state index contributed by atoms with van der Waals surface area (Å²) in [5.74, 6) is 1.01. The van der Waals surface area contributed by atoms with Gasteiger partial charge in [-0.25, -0.2) is 9.78 Å². The summed E-state index contributed by atoms with van der Waals surface area (Å²) in [4.78, 5) is 31.7. The molecule has 254 valence electrons. The van der Waals surface area contributed by atoms with E-state index >= 15 is 0 Å². The summed E-state index contributed by atoms with van der Waals surface area (Å²) in [6, 6.07) is 36.9. The molecule has 1 N–H and O–H groups in total. The van der Waals surface area contributed by atoms with Crippen LogP contribution in [0, 0.1) is 6.92 Å². The average Bonchev–Trinajstić information content (AvgIpc) is 3.48. The molecule has 0 spiro atoms. The van der Waals surface area contributed by atoms with Crippen molar-refractivity contribution in [1.82, 2.24) is 14.9 Å². The van der Waals surface area contributed by atoms with E-state index in [0.29, 0.717) is 34.9 Å². The van der Waals surface area contributed by atoms with Crippen molar-refractivity contribution in [3.63, 3.8) is 0 Å². The Morgan fingerprint density at radius 2 is 1.58 bits per heavy atom. The summed E-state index contributed by atoms with van der Waals surface area (Å²) in [7, 11) is 0. The number of halogens is 1. The Morgan fingerprint density at radius 3 is 2.30 bits per heavy atom. The summed E-state index contributed by atoms with van der Waals surface area (Å²) in [6.45, 7) is 4.91. The Morgan fingerprint density at radius 1 is 0.880 bits per heavy atom. The van der Waals surface area contributed by atoms with E-state index in [4.69, 9.17) is 21.3 Å². The molecule has 1 amide bonds. The van der Waals surface area contributed by atoms with Crippen molar-refractivity contribution in [3.8, 4) is 11.1 Å². The molecule has 1 atom stereocenters. The highest BCUT2D eigenvalue weighted by Crippen LogP contribution is 2.28. The van der Waals surface area contributed by atoms with Gasteiger partial charge in [0.25, 0.3) is 5.91 Å². The third-order valence-electron chi connectivity index (χ3n) is 8.78. The van der Waals surface area contributed by atoms with Crippen molar-refractivity contribution in [2.45, 2.75) is 52.3 Å². The van der Waals surface area contributed by atoms with Gasteiger partial charge in [-0.15, -0.1) is 0 Å². The Balaban J connectivity index is 1.22. The number of esters is 1. The van der Waals surface area contributed by atoms with Crippen molar-refractivity contribution in [2.24, 2.45) is 0 Å². The highest BCUT2D eigenvalue weighted by atomic mass is 35.5. The maximum Gasteiger partial charge on any atom is 0.339 e. The van der Waals surface area contributed by atoms with Gasteiger partial charge in [-0.05, 0) is 83.5 Å². The van der Waals surface area contributed by atoms with Crippen LogP contribution in [0.5, 0.6) is 0 Å². The Hall–Kier alpha value is -4.85. The number of nitrogens with one attached hydrogen (secondary N) is 1. The fourth-order valence-corrected chi connectivity index (χ4v) is 6.53. The standard InChI is InChI=1S/C42H40ClN3O3S/c1-3-9-39-45-40-28(2)22-33(41(47)44-35(27-50)23-29-10-5-4-6-11-29)24-38(40)46(39)25-30-14-18-32(19-15-30)36-12-7-8-13-37(36)42(48)49-26-31-16-20-34(43)21-17-31/h4-8,10-22,24,35,50H,3,9,23,25-27H2,1-2H3,(H,44,47)/t35-/m1/s1. The molecule has 0 saturated heterocycles. The Labute approximate surface area is 303 Å². The van der Waals surface area contributed by atoms with Gasteiger partial charge in [0.15, 0.2) is 0 Å². The maximum atomic E-state index is 13.6. The minimum absolute atomic E-state index is 0.0984. The summed E-state index contributed by atoms with van der Waals surface area (Å²) >= 11 is 10.5. The molecule has 6 rings (SSSR count). The van der Waals surface area contributed by atoms with E-state index in [9.17, 15) is 9.59 Å². The first-order chi connectivity index (χ1) is 24.3. The van der Waals surface area contributed by atoms with E-state index in [1.165, 1.54) is 0 Å². The zero-order chi connectivity index (χ0) is 35.0. The number of aryl methyl sites for hydroxylation is 2. The molecule has 1 heterocycles. The monoisotopic (exact) mass is 701 g/mol. The molecule has 1 aromatic heterocycles. The maximum absolute atomic E-state index is 13.6. The number of carbonyl (C=O) groups is 2. The SMILES string of the molecule is CCCc1nc2c(C)cc(C(=O)N[C@@H](CS)Cc3ccccc3)cc2n1Cc1ccc(-c2ccccc2C(=O)OCc2ccc(Cl)cc2)cc1. The highest BCUT2D eigenvalue weighted by molar-refractivity contribution is 7.80. The topological polar surface area (TPSA) is 73.2 Å². The second-order valence-corrected chi connectivity index (χ2v) is 13.3. The molecule has 0 bridgehead atoms. The number of aromatic nitrogens is 2. The van der Waals surface area contributed by atoms with Gasteiger partial charge in [-0.1, -0.05) is 103 Å². The number of benzene rings is 5. The van der Waals surface area contributed by atoms with Crippen molar-refractivity contribution in [1.29, 1.82) is 0 Å². The third kappa shape index (κ3) is 8.29. The number of rotatable bonds is 13. The third-order valence-corrected chi connectivity index (χ3v) is 9.47. The molecular formula is C42H40ClN3O3S. The normalized spacial score (nSPS) is 11.8. The molecule has 50 heavy (non-hydrogen) atoms. The molecule has 0 aliphatic heterocycles. The predicted octanol–water partition coefficient (Wildman–Crippen LogP) is 9.29. The van der Waals surface area contributed by atoms with E-state index in [-0.39, 0.29) is 24.5 Å². The fourth-order valence-electron chi connectivity index (χ4n) is 6.18. The lowest BCUT2D eigenvalue weighted by atomic mass is 9.98. The zero-order valence-electron chi connectivity index (χ0n) is 28.2. The summed E-state index contributed by atoms with van der Waals surface area (Å²) in [5, 5.41) is 3.83. The Kier molecular flexibility index (Phi) is 11.4. The van der Waals surface area contributed by atoms with Crippen LogP contribution in [0.1, 0.15) is 62.1 Å². The lowest BCUT2D eigenvalue weighted by molar-refractivity contribution is 0.0473. The minimum Gasteiger partial charge on any atom is -0.457 e. The average molecular weight is 702 g/mol. The van der Waals surface area contributed by atoms with Crippen LogP contribution in [-0.4, -0.2) is 33.2 Å². The molecule has 6 aromatic rings. The van der Waals surface area contributed by atoms with E-state index in [1.54, 1.807) is 18.2 Å². The molecule has 0 aliphatic carbocycles. The van der Waals surface area contributed by atoms with Gasteiger partial charge >= 0.3 is 5.97 Å². The quantitative estimate of drug-likeness (QED) is 0.0930. The van der Waals surface area contributed by atoms with Crippen LogP contribution < -0.4 is 5.32 Å². The highest BCUT2D eigenvalue weighted by Gasteiger charge is 2.19. The van der Waals surface area contributed by atoms with Crippen LogP contribution in [0.3, 0.4) is 0 Å². The van der Waals surface area contributed by atoms with Crippen molar-refractivity contribution >= 4 is 47.1 Å². The van der Waals surface area contributed by atoms with Crippen LogP contribution >= 0.6 is 24.2 Å². The number of carbonyl (C=O) groups excluding carboxylic acids is 2. The van der Waals surface area contributed by atoms with Crippen LogP contribution in [0.25, 0.3) is 22.2 Å². The number of hydrogen-bond donors (Lipinski definition) is 2. The van der Waals surface area contributed by atoms with E-state index < -0.39 is 0 Å². The van der Waals surface area contributed by atoms with Crippen LogP contribution in [0.4, 0.5) is 0 Å². The van der Waals surface area contributed by atoms with Crippen molar-refractivity contribution < 1.29 is 14.3 Å². The van der Waals surface area contributed by atoms with Gasteiger partial charge < -0.3 is 14.6 Å². The lowest BCUT2D eigenvalue weighted by Gasteiger charge is -2.17. The first-order valence-corrected chi connectivity index (χ1v) is 17.9. The summed E-state index contributed by atoms with van der Waals surface area (Å²) in [5.41, 5.74) is 8.74. The minimum atomic E-state index is -0.385. The van der Waals surface area contributed by atoms with Crippen LogP contribution in [0.2, 0.25) is 5.02 Å². The molecule has 0 saturated carbocycles. The largest absolute Gasteiger partial charge is 0.457 e. The Bertz CT molecular complexity index is 2090. The van der Waals surface area contributed by atoms with E-state index in [1.807, 2.05) is 79.7 Å². The molecule has 5 aromatic carbocycles. The first kappa shape index (κ1) is 35.0. The molecule has 6 nitrogen and oxygen atoms in total. The number of ether oxygens (including phenoxy) is 1. The van der Waals surface area contributed by atoms with Gasteiger partial charge in [-0.3, -0.25) is 4.79 Å². The molecule has 8 heteroatoms. The van der Waals surface area contributed by atoms with Crippen LogP contribution in [0.15, 0.2) is 115 Å². The van der Waals surface area contributed by atoms with Gasteiger partial charge in [0, 0.05) is 35.3 Å². The zero-order valence-corrected chi connectivity index (χ0v) is 29.9. The summed E-state index contributed by atoms with van der Waals surface area (Å²) < 4.78 is 7.87. The van der Waals surface area contributed by atoms with Gasteiger partial charge in [-0.2, -0.15) is 12.6 Å². The fraction of sp³-hybridized carbons (Fsp3) is 0.214. The number of imidazole rings is 1. The summed E-state index contributed by atoms with van der Waals surface area (Å²) in [6.07, 6.45) is 2.47. The van der Waals surface area contributed by atoms with Gasteiger partial charge in [0.2, 0.25) is 0 Å². The van der Waals surface area contributed by atoms with E-state index in [2.05, 4.69) is 53.7 Å². The molecular weight excluding hydrogens is 662 g/mol. The van der Waals surface area contributed by atoms with Gasteiger partial charge in [0.05, 0.1) is 16.6 Å². The molecule has 0 fully saturated rings. The smallest absolute Gasteiger partial charge is 0.339 e. The van der Waals surface area contributed by atoms with Crippen molar-refractivity contribution in [2.75, 3.05) is 5.75 Å².